The molecule has 0 fully saturated rings. The lowest BCUT2D eigenvalue weighted by molar-refractivity contribution is 0.0164. The van der Waals surface area contributed by atoms with Gasteiger partial charge in [-0.2, -0.15) is 5.26 Å². The lowest BCUT2D eigenvalue weighted by atomic mass is 9.87. The second-order valence-corrected chi connectivity index (χ2v) is 3.67. The minimum absolute atomic E-state index is 0.269. The van der Waals surface area contributed by atoms with Gasteiger partial charge in [-0.05, 0) is 20.3 Å². The summed E-state index contributed by atoms with van der Waals surface area (Å²) < 4.78 is 0. The predicted molar refractivity (Wildman–Crippen MR) is 49.5 cm³/mol. The third-order valence-electron chi connectivity index (χ3n) is 2.41. The molecule has 0 saturated heterocycles. The smallest absolute Gasteiger partial charge is 0.0774 e. The molecule has 70 valence electrons. The highest BCUT2D eigenvalue weighted by Crippen LogP contribution is 2.22. The Morgan fingerprint density at radius 2 is 2.08 bits per heavy atom. The van der Waals surface area contributed by atoms with Gasteiger partial charge in [0.2, 0.25) is 0 Å². The third-order valence-corrected chi connectivity index (χ3v) is 2.41. The predicted octanol–water partition coefficient (Wildman–Crippen LogP) is 2.48. The molecule has 2 nitrogen and oxygen atoms in total. The molecule has 0 aromatic heterocycles. The van der Waals surface area contributed by atoms with Crippen molar-refractivity contribution in [1.82, 2.24) is 0 Å². The average molecular weight is 169 g/mol. The molecule has 1 N–H and O–H groups in total. The maximum atomic E-state index is 9.79. The van der Waals surface area contributed by atoms with Gasteiger partial charge in [0, 0.05) is 0 Å². The van der Waals surface area contributed by atoms with E-state index in [-0.39, 0.29) is 5.92 Å². The number of nitrogens with zero attached hydrogens (tertiary/aromatic N) is 1. The van der Waals surface area contributed by atoms with Crippen molar-refractivity contribution in [3.8, 4) is 6.07 Å². The number of hydrogen-bond donors (Lipinski definition) is 1. The third kappa shape index (κ3) is 3.73. The van der Waals surface area contributed by atoms with Crippen LogP contribution in [0.4, 0.5) is 0 Å². The Bertz CT molecular complexity index is 158. The fraction of sp³-hybridized carbons (Fsp3) is 0.900. The van der Waals surface area contributed by atoms with E-state index in [4.69, 9.17) is 5.26 Å². The van der Waals surface area contributed by atoms with Crippen LogP contribution in [-0.2, 0) is 0 Å². The summed E-state index contributed by atoms with van der Waals surface area (Å²) in [6.45, 7) is 5.64. The van der Waals surface area contributed by atoms with Crippen LogP contribution in [0.1, 0.15) is 46.5 Å². The highest BCUT2D eigenvalue weighted by Gasteiger charge is 2.27. The maximum absolute atomic E-state index is 9.79. The molecule has 2 atom stereocenters. The molecule has 12 heavy (non-hydrogen) atoms. The Morgan fingerprint density at radius 3 is 2.50 bits per heavy atom. The molecule has 0 aliphatic heterocycles. The van der Waals surface area contributed by atoms with Crippen molar-refractivity contribution in [3.05, 3.63) is 0 Å². The van der Waals surface area contributed by atoms with Crippen LogP contribution in [0.2, 0.25) is 0 Å². The molecule has 2 heteroatoms. The zero-order valence-electron chi connectivity index (χ0n) is 8.30. The number of rotatable bonds is 5. The molecular formula is C10H19NO. The van der Waals surface area contributed by atoms with Gasteiger partial charge in [-0.3, -0.25) is 0 Å². The first-order chi connectivity index (χ1) is 5.54. The van der Waals surface area contributed by atoms with Crippen LogP contribution >= 0.6 is 0 Å². The van der Waals surface area contributed by atoms with E-state index in [9.17, 15) is 5.11 Å². The van der Waals surface area contributed by atoms with E-state index in [0.717, 1.165) is 25.7 Å². The van der Waals surface area contributed by atoms with Gasteiger partial charge < -0.3 is 5.11 Å². The first-order valence-corrected chi connectivity index (χ1v) is 4.66. The minimum Gasteiger partial charge on any atom is -0.389 e. The molecule has 0 rings (SSSR count). The van der Waals surface area contributed by atoms with E-state index in [1.807, 2.05) is 0 Å². The second kappa shape index (κ2) is 5.16. The zero-order chi connectivity index (χ0) is 9.61. The monoisotopic (exact) mass is 169 g/mol. The first-order valence-electron chi connectivity index (χ1n) is 4.66. The molecule has 0 aromatic rings. The lowest BCUT2D eigenvalue weighted by Gasteiger charge is -2.25. The summed E-state index contributed by atoms with van der Waals surface area (Å²) in [4.78, 5) is 0. The quantitative estimate of drug-likeness (QED) is 0.642. The summed E-state index contributed by atoms with van der Waals surface area (Å²) >= 11 is 0. The van der Waals surface area contributed by atoms with Gasteiger partial charge in [-0.25, -0.2) is 0 Å². The van der Waals surface area contributed by atoms with Crippen molar-refractivity contribution in [2.24, 2.45) is 5.92 Å². The highest BCUT2D eigenvalue weighted by atomic mass is 16.3. The topological polar surface area (TPSA) is 44.0 Å². The Hall–Kier alpha value is -0.550. The largest absolute Gasteiger partial charge is 0.389 e. The Balaban J connectivity index is 3.80. The van der Waals surface area contributed by atoms with Crippen LogP contribution in [0, 0.1) is 17.2 Å². The van der Waals surface area contributed by atoms with Crippen molar-refractivity contribution in [2.75, 3.05) is 0 Å². The molecule has 2 unspecified atom stereocenters. The van der Waals surface area contributed by atoms with Crippen LogP contribution in [0.15, 0.2) is 0 Å². The van der Waals surface area contributed by atoms with Crippen molar-refractivity contribution >= 4 is 0 Å². The van der Waals surface area contributed by atoms with Gasteiger partial charge in [0.25, 0.3) is 0 Å². The number of hydrogen-bond acceptors (Lipinski definition) is 2. The molecular weight excluding hydrogens is 150 g/mol. The van der Waals surface area contributed by atoms with Crippen molar-refractivity contribution in [2.45, 2.75) is 52.1 Å². The zero-order valence-corrected chi connectivity index (χ0v) is 8.30. The van der Waals surface area contributed by atoms with Crippen molar-refractivity contribution in [1.29, 1.82) is 5.26 Å². The Kier molecular flexibility index (Phi) is 4.92. The number of nitriles is 1. The van der Waals surface area contributed by atoms with Gasteiger partial charge in [0.1, 0.15) is 0 Å². The lowest BCUT2D eigenvalue weighted by Crippen LogP contribution is -2.31. The van der Waals surface area contributed by atoms with Crippen molar-refractivity contribution < 1.29 is 5.11 Å². The fourth-order valence-electron chi connectivity index (χ4n) is 1.09. The molecule has 0 saturated carbocycles. The molecule has 0 aromatic carbocycles. The normalized spacial score (nSPS) is 17.9. The van der Waals surface area contributed by atoms with Gasteiger partial charge in [-0.15, -0.1) is 0 Å². The summed E-state index contributed by atoms with van der Waals surface area (Å²) in [5.41, 5.74) is -0.802. The van der Waals surface area contributed by atoms with Gasteiger partial charge >= 0.3 is 0 Å². The Labute approximate surface area is 75.2 Å². The standard InChI is InChI=1S/C10H19NO/c1-4-5-6-7-10(3,12)9(2)8-11/h9,12H,4-7H2,1-3H3. The van der Waals surface area contributed by atoms with Gasteiger partial charge in [0.15, 0.2) is 0 Å². The molecule has 0 aliphatic carbocycles. The molecule has 0 amide bonds. The first kappa shape index (κ1) is 11.4. The van der Waals surface area contributed by atoms with Crippen LogP contribution in [0.5, 0.6) is 0 Å². The molecule has 0 bridgehead atoms. The van der Waals surface area contributed by atoms with Crippen LogP contribution in [0.25, 0.3) is 0 Å². The Morgan fingerprint density at radius 1 is 1.50 bits per heavy atom. The minimum atomic E-state index is -0.802. The van der Waals surface area contributed by atoms with Crippen LogP contribution in [-0.4, -0.2) is 10.7 Å². The maximum Gasteiger partial charge on any atom is 0.0774 e. The molecule has 0 radical (unpaired) electrons. The average Bonchev–Trinajstić information content (AvgIpc) is 2.03. The highest BCUT2D eigenvalue weighted by molar-refractivity contribution is 4.93. The van der Waals surface area contributed by atoms with E-state index in [1.54, 1.807) is 13.8 Å². The SMILES string of the molecule is CCCCCC(C)(O)C(C)C#N. The molecule has 0 spiro atoms. The summed E-state index contributed by atoms with van der Waals surface area (Å²) in [7, 11) is 0. The summed E-state index contributed by atoms with van der Waals surface area (Å²) in [6.07, 6.45) is 4.02. The van der Waals surface area contributed by atoms with Crippen LogP contribution < -0.4 is 0 Å². The molecule has 0 heterocycles. The van der Waals surface area contributed by atoms with E-state index < -0.39 is 5.60 Å². The van der Waals surface area contributed by atoms with Crippen LogP contribution in [0.3, 0.4) is 0 Å². The van der Waals surface area contributed by atoms with Gasteiger partial charge in [-0.1, -0.05) is 26.2 Å². The van der Waals surface area contributed by atoms with E-state index in [1.165, 1.54) is 0 Å². The summed E-state index contributed by atoms with van der Waals surface area (Å²) in [5.74, 6) is -0.269. The van der Waals surface area contributed by atoms with Crippen molar-refractivity contribution in [3.63, 3.8) is 0 Å². The number of aliphatic hydroxyl groups is 1. The number of unbranched alkanes of at least 4 members (excludes halogenated alkanes) is 2. The van der Waals surface area contributed by atoms with E-state index >= 15 is 0 Å². The summed E-state index contributed by atoms with van der Waals surface area (Å²) in [6, 6.07) is 2.08. The molecule has 0 aliphatic rings. The summed E-state index contributed by atoms with van der Waals surface area (Å²) in [5, 5.41) is 18.4. The fourth-order valence-corrected chi connectivity index (χ4v) is 1.09. The second-order valence-electron chi connectivity index (χ2n) is 3.67. The van der Waals surface area contributed by atoms with Gasteiger partial charge in [0.05, 0.1) is 17.6 Å². The van der Waals surface area contributed by atoms with E-state index in [2.05, 4.69) is 13.0 Å². The van der Waals surface area contributed by atoms with E-state index in [0.29, 0.717) is 0 Å².